The zero-order valence-corrected chi connectivity index (χ0v) is 12.7. The van der Waals surface area contributed by atoms with Gasteiger partial charge in [0.1, 0.15) is 5.54 Å². The molecule has 0 spiro atoms. The third kappa shape index (κ3) is 5.80. The molecule has 2 atom stereocenters. The molecule has 0 aliphatic heterocycles. The van der Waals surface area contributed by atoms with Crippen molar-refractivity contribution >= 4 is 5.97 Å². The molecule has 18 heavy (non-hydrogen) atoms. The molecule has 0 saturated heterocycles. The standard InChI is InChI=1S/C13H29N3O2/c1-7-14-13(3,12(17)18)10-11(2)16(6)9-8-15(4)5/h11,14H,7-10H2,1-6H3,(H,17,18). The molecule has 0 aromatic rings. The Morgan fingerprint density at radius 3 is 2.28 bits per heavy atom. The summed E-state index contributed by atoms with van der Waals surface area (Å²) in [5.41, 5.74) is -0.847. The predicted octanol–water partition coefficient (Wildman–Crippen LogP) is 0.711. The highest BCUT2D eigenvalue weighted by Gasteiger charge is 2.34. The average Bonchev–Trinajstić information content (AvgIpc) is 2.25. The Bertz CT molecular complexity index is 259. The second-order valence-electron chi connectivity index (χ2n) is 5.50. The van der Waals surface area contributed by atoms with Crippen molar-refractivity contribution in [1.82, 2.24) is 15.1 Å². The first-order chi connectivity index (χ1) is 8.23. The van der Waals surface area contributed by atoms with Crippen LogP contribution in [0.5, 0.6) is 0 Å². The van der Waals surface area contributed by atoms with Crippen molar-refractivity contribution in [2.24, 2.45) is 0 Å². The minimum Gasteiger partial charge on any atom is -0.480 e. The van der Waals surface area contributed by atoms with Gasteiger partial charge >= 0.3 is 5.97 Å². The predicted molar refractivity (Wildman–Crippen MR) is 75.0 cm³/mol. The molecule has 2 N–H and O–H groups in total. The van der Waals surface area contributed by atoms with Crippen molar-refractivity contribution in [3.63, 3.8) is 0 Å². The number of carbonyl (C=O) groups is 1. The van der Waals surface area contributed by atoms with Crippen LogP contribution in [0.25, 0.3) is 0 Å². The molecule has 0 aliphatic rings. The molecule has 0 bridgehead atoms. The highest BCUT2D eigenvalue weighted by Crippen LogP contribution is 2.16. The fourth-order valence-electron chi connectivity index (χ4n) is 1.95. The van der Waals surface area contributed by atoms with Crippen molar-refractivity contribution in [2.75, 3.05) is 40.8 Å². The molecule has 0 fully saturated rings. The lowest BCUT2D eigenvalue weighted by Gasteiger charge is -2.33. The van der Waals surface area contributed by atoms with Crippen LogP contribution >= 0.6 is 0 Å². The summed E-state index contributed by atoms with van der Waals surface area (Å²) in [6, 6.07) is 0.227. The number of carboxylic acids is 1. The first kappa shape index (κ1) is 17.4. The molecule has 0 saturated carbocycles. The Morgan fingerprint density at radius 2 is 1.89 bits per heavy atom. The van der Waals surface area contributed by atoms with Crippen LogP contribution in [0.15, 0.2) is 0 Å². The molecule has 0 heterocycles. The lowest BCUT2D eigenvalue weighted by molar-refractivity contribution is -0.145. The lowest BCUT2D eigenvalue weighted by atomic mass is 9.93. The van der Waals surface area contributed by atoms with Gasteiger partial charge in [-0.2, -0.15) is 0 Å². The van der Waals surface area contributed by atoms with E-state index in [0.29, 0.717) is 13.0 Å². The summed E-state index contributed by atoms with van der Waals surface area (Å²) in [5.74, 6) is -0.780. The Balaban J connectivity index is 4.41. The summed E-state index contributed by atoms with van der Waals surface area (Å²) >= 11 is 0. The van der Waals surface area contributed by atoms with Gasteiger partial charge in [-0.15, -0.1) is 0 Å². The van der Waals surface area contributed by atoms with Gasteiger partial charge in [0.15, 0.2) is 0 Å². The van der Waals surface area contributed by atoms with Gasteiger partial charge in [-0.25, -0.2) is 0 Å². The monoisotopic (exact) mass is 259 g/mol. The number of rotatable bonds is 9. The van der Waals surface area contributed by atoms with Crippen LogP contribution in [0, 0.1) is 0 Å². The Morgan fingerprint density at radius 1 is 1.33 bits per heavy atom. The van der Waals surface area contributed by atoms with Crippen molar-refractivity contribution in [2.45, 2.75) is 38.8 Å². The van der Waals surface area contributed by atoms with E-state index in [2.05, 4.69) is 22.0 Å². The van der Waals surface area contributed by atoms with Crippen molar-refractivity contribution in [3.05, 3.63) is 0 Å². The molecular weight excluding hydrogens is 230 g/mol. The topological polar surface area (TPSA) is 55.8 Å². The Labute approximate surface area is 111 Å². The van der Waals surface area contributed by atoms with Crippen LogP contribution in [0.2, 0.25) is 0 Å². The SMILES string of the molecule is CCNC(C)(CC(C)N(C)CCN(C)C)C(=O)O. The Kier molecular flexibility index (Phi) is 7.43. The molecule has 0 aliphatic carbocycles. The molecule has 0 aromatic carbocycles. The number of nitrogens with one attached hydrogen (secondary N) is 1. The number of nitrogens with zero attached hydrogens (tertiary/aromatic N) is 2. The second kappa shape index (κ2) is 7.71. The van der Waals surface area contributed by atoms with Crippen LogP contribution in [0.1, 0.15) is 27.2 Å². The van der Waals surface area contributed by atoms with E-state index in [1.807, 2.05) is 28.1 Å². The van der Waals surface area contributed by atoms with E-state index < -0.39 is 11.5 Å². The normalized spacial score (nSPS) is 16.9. The fraction of sp³-hybridized carbons (Fsp3) is 0.923. The third-order valence-corrected chi connectivity index (χ3v) is 3.39. The smallest absolute Gasteiger partial charge is 0.323 e. The summed E-state index contributed by atoms with van der Waals surface area (Å²) in [4.78, 5) is 15.7. The second-order valence-corrected chi connectivity index (χ2v) is 5.50. The minimum absolute atomic E-state index is 0.227. The van der Waals surface area contributed by atoms with E-state index in [4.69, 9.17) is 0 Å². The van der Waals surface area contributed by atoms with Crippen molar-refractivity contribution in [3.8, 4) is 0 Å². The number of likely N-dealkylation sites (N-methyl/N-ethyl adjacent to an activating group) is 3. The summed E-state index contributed by atoms with van der Waals surface area (Å²) in [6.45, 7) is 8.35. The minimum atomic E-state index is -0.847. The number of carboxylic acid groups (broad SMARTS) is 1. The molecule has 5 nitrogen and oxygen atoms in total. The van der Waals surface area contributed by atoms with Crippen LogP contribution in [-0.2, 0) is 4.79 Å². The van der Waals surface area contributed by atoms with Gasteiger partial charge in [-0.1, -0.05) is 6.92 Å². The van der Waals surface area contributed by atoms with Gasteiger partial charge in [0.2, 0.25) is 0 Å². The van der Waals surface area contributed by atoms with Crippen molar-refractivity contribution < 1.29 is 9.90 Å². The maximum Gasteiger partial charge on any atom is 0.323 e. The largest absolute Gasteiger partial charge is 0.480 e. The van der Waals surface area contributed by atoms with E-state index in [9.17, 15) is 9.90 Å². The number of aliphatic carboxylic acids is 1. The van der Waals surface area contributed by atoms with E-state index in [1.54, 1.807) is 6.92 Å². The van der Waals surface area contributed by atoms with E-state index in [0.717, 1.165) is 13.1 Å². The van der Waals surface area contributed by atoms with E-state index in [-0.39, 0.29) is 6.04 Å². The lowest BCUT2D eigenvalue weighted by Crippen LogP contribution is -2.53. The maximum atomic E-state index is 11.3. The van der Waals surface area contributed by atoms with Crippen LogP contribution in [0.4, 0.5) is 0 Å². The molecule has 108 valence electrons. The molecule has 0 aromatic heterocycles. The average molecular weight is 259 g/mol. The summed E-state index contributed by atoms with van der Waals surface area (Å²) in [7, 11) is 6.12. The molecule has 0 amide bonds. The summed E-state index contributed by atoms with van der Waals surface area (Å²) in [6.07, 6.45) is 0.597. The molecular formula is C13H29N3O2. The summed E-state index contributed by atoms with van der Waals surface area (Å²) in [5, 5.41) is 12.4. The van der Waals surface area contributed by atoms with Crippen LogP contribution in [0.3, 0.4) is 0 Å². The van der Waals surface area contributed by atoms with Gasteiger partial charge in [-0.05, 0) is 48.0 Å². The van der Waals surface area contributed by atoms with Gasteiger partial charge < -0.3 is 20.2 Å². The third-order valence-electron chi connectivity index (χ3n) is 3.39. The maximum absolute atomic E-state index is 11.3. The van der Waals surface area contributed by atoms with Crippen molar-refractivity contribution in [1.29, 1.82) is 0 Å². The van der Waals surface area contributed by atoms with Crippen LogP contribution < -0.4 is 5.32 Å². The zero-order valence-electron chi connectivity index (χ0n) is 12.7. The van der Waals surface area contributed by atoms with Crippen LogP contribution in [-0.4, -0.2) is 73.2 Å². The zero-order chi connectivity index (χ0) is 14.3. The molecule has 5 heteroatoms. The first-order valence-corrected chi connectivity index (χ1v) is 6.56. The quantitative estimate of drug-likeness (QED) is 0.639. The van der Waals surface area contributed by atoms with E-state index in [1.165, 1.54) is 0 Å². The molecule has 0 radical (unpaired) electrons. The number of hydrogen-bond acceptors (Lipinski definition) is 4. The highest BCUT2D eigenvalue weighted by molar-refractivity contribution is 5.78. The molecule has 2 unspecified atom stereocenters. The fourth-order valence-corrected chi connectivity index (χ4v) is 1.95. The highest BCUT2D eigenvalue weighted by atomic mass is 16.4. The van der Waals surface area contributed by atoms with Gasteiger partial charge in [0.25, 0.3) is 0 Å². The molecule has 0 rings (SSSR count). The summed E-state index contributed by atoms with van der Waals surface area (Å²) < 4.78 is 0. The Hall–Kier alpha value is -0.650. The number of hydrogen-bond donors (Lipinski definition) is 2. The van der Waals surface area contributed by atoms with Gasteiger partial charge in [-0.3, -0.25) is 4.79 Å². The van der Waals surface area contributed by atoms with E-state index >= 15 is 0 Å². The van der Waals surface area contributed by atoms with Gasteiger partial charge in [0.05, 0.1) is 0 Å². The first-order valence-electron chi connectivity index (χ1n) is 6.56. The van der Waals surface area contributed by atoms with Gasteiger partial charge in [0, 0.05) is 19.1 Å².